The van der Waals surface area contributed by atoms with Crippen molar-refractivity contribution in [2.75, 3.05) is 5.32 Å². The average molecular weight is 211 g/mol. The summed E-state index contributed by atoms with van der Waals surface area (Å²) in [5, 5.41) is 4.01. The van der Waals surface area contributed by atoms with E-state index in [2.05, 4.69) is 15.3 Å². The Morgan fingerprint density at radius 3 is 2.81 bits per heavy atom. The van der Waals surface area contributed by atoms with Crippen LogP contribution in [0.5, 0.6) is 0 Å². The number of fused-ring (bicyclic) bond motifs is 1. The molecule has 0 atom stereocenters. The number of aromatic nitrogens is 2. The summed E-state index contributed by atoms with van der Waals surface area (Å²) < 4.78 is 5.21. The highest BCUT2D eigenvalue weighted by atomic mass is 16.3. The first kappa shape index (κ1) is 8.91. The maximum atomic E-state index is 5.21. The molecule has 2 aromatic heterocycles. The van der Waals surface area contributed by atoms with E-state index in [0.717, 1.165) is 11.1 Å². The molecule has 0 unspecified atom stereocenters. The maximum absolute atomic E-state index is 5.21. The van der Waals surface area contributed by atoms with E-state index in [4.69, 9.17) is 4.42 Å². The highest BCUT2D eigenvalue weighted by Gasteiger charge is 2.01. The first-order valence-electron chi connectivity index (χ1n) is 4.94. The molecule has 4 nitrogen and oxygen atoms in total. The summed E-state index contributed by atoms with van der Waals surface area (Å²) >= 11 is 0. The van der Waals surface area contributed by atoms with Crippen molar-refractivity contribution >= 4 is 22.7 Å². The van der Waals surface area contributed by atoms with Gasteiger partial charge in [0.25, 0.3) is 0 Å². The Kier molecular flexibility index (Phi) is 2.04. The first-order valence-corrected chi connectivity index (χ1v) is 4.94. The van der Waals surface area contributed by atoms with Crippen LogP contribution in [0.2, 0.25) is 0 Å². The van der Waals surface area contributed by atoms with Crippen molar-refractivity contribution in [2.45, 2.75) is 0 Å². The molecule has 0 fully saturated rings. The van der Waals surface area contributed by atoms with Gasteiger partial charge in [0.05, 0.1) is 11.6 Å². The standard InChI is InChI=1S/C12H9N3O/c1-2-4-10(5-3-1)14-12-13-8-9-6-7-16-11(9)15-12/h1-8H,(H,13,14,15). The predicted molar refractivity (Wildman–Crippen MR) is 61.5 cm³/mol. The van der Waals surface area contributed by atoms with Crippen LogP contribution >= 0.6 is 0 Å². The molecule has 0 saturated heterocycles. The molecule has 2 heterocycles. The van der Waals surface area contributed by atoms with E-state index < -0.39 is 0 Å². The highest BCUT2D eigenvalue weighted by Crippen LogP contribution is 2.16. The molecule has 16 heavy (non-hydrogen) atoms. The quantitative estimate of drug-likeness (QED) is 0.708. The lowest BCUT2D eigenvalue weighted by atomic mass is 10.3. The molecule has 3 rings (SSSR count). The Balaban J connectivity index is 1.94. The van der Waals surface area contributed by atoms with E-state index in [1.54, 1.807) is 12.5 Å². The number of rotatable bonds is 2. The number of para-hydroxylation sites is 1. The summed E-state index contributed by atoms with van der Waals surface area (Å²) in [5.41, 5.74) is 1.54. The Morgan fingerprint density at radius 1 is 1.06 bits per heavy atom. The summed E-state index contributed by atoms with van der Waals surface area (Å²) in [6, 6.07) is 11.6. The molecule has 0 aliphatic rings. The second-order valence-corrected chi connectivity index (χ2v) is 3.37. The van der Waals surface area contributed by atoms with Gasteiger partial charge in [0, 0.05) is 11.9 Å². The Hall–Kier alpha value is -2.36. The number of nitrogens with one attached hydrogen (secondary N) is 1. The molecule has 4 heteroatoms. The van der Waals surface area contributed by atoms with Crippen LogP contribution in [0.3, 0.4) is 0 Å². The zero-order valence-electron chi connectivity index (χ0n) is 8.42. The smallest absolute Gasteiger partial charge is 0.230 e. The number of hydrogen-bond donors (Lipinski definition) is 1. The molecule has 0 aliphatic heterocycles. The summed E-state index contributed by atoms with van der Waals surface area (Å²) in [6.07, 6.45) is 3.34. The zero-order chi connectivity index (χ0) is 10.8. The van der Waals surface area contributed by atoms with Crippen LogP contribution in [0.1, 0.15) is 0 Å². The van der Waals surface area contributed by atoms with Crippen LogP contribution in [0.15, 0.2) is 53.3 Å². The third kappa shape index (κ3) is 1.61. The van der Waals surface area contributed by atoms with Crippen LogP contribution < -0.4 is 5.32 Å². The van der Waals surface area contributed by atoms with Crippen LogP contribution in [0.25, 0.3) is 11.1 Å². The molecule has 0 amide bonds. The first-order chi connectivity index (χ1) is 7.92. The molecule has 0 aliphatic carbocycles. The van der Waals surface area contributed by atoms with E-state index in [1.807, 2.05) is 36.4 Å². The van der Waals surface area contributed by atoms with Gasteiger partial charge in [-0.05, 0) is 18.2 Å². The minimum atomic E-state index is 0.536. The summed E-state index contributed by atoms with van der Waals surface area (Å²) in [5.74, 6) is 0.536. The Morgan fingerprint density at radius 2 is 1.94 bits per heavy atom. The van der Waals surface area contributed by atoms with Crippen molar-refractivity contribution in [1.29, 1.82) is 0 Å². The Bertz CT molecular complexity index is 604. The fourth-order valence-corrected chi connectivity index (χ4v) is 1.47. The lowest BCUT2D eigenvalue weighted by Gasteiger charge is -2.02. The zero-order valence-corrected chi connectivity index (χ0v) is 8.42. The van der Waals surface area contributed by atoms with Crippen molar-refractivity contribution < 1.29 is 4.42 Å². The van der Waals surface area contributed by atoms with Gasteiger partial charge in [-0.2, -0.15) is 4.98 Å². The third-order valence-corrected chi connectivity index (χ3v) is 2.24. The minimum Gasteiger partial charge on any atom is -0.446 e. The molecule has 78 valence electrons. The fourth-order valence-electron chi connectivity index (χ4n) is 1.47. The minimum absolute atomic E-state index is 0.536. The van der Waals surface area contributed by atoms with Gasteiger partial charge in [-0.25, -0.2) is 4.98 Å². The van der Waals surface area contributed by atoms with Crippen LogP contribution in [-0.2, 0) is 0 Å². The molecule has 0 radical (unpaired) electrons. The highest BCUT2D eigenvalue weighted by molar-refractivity contribution is 5.73. The molecule has 0 bridgehead atoms. The van der Waals surface area contributed by atoms with Crippen molar-refractivity contribution in [3.63, 3.8) is 0 Å². The summed E-state index contributed by atoms with van der Waals surface area (Å²) in [7, 11) is 0. The van der Waals surface area contributed by atoms with E-state index >= 15 is 0 Å². The number of furan rings is 1. The van der Waals surface area contributed by atoms with Gasteiger partial charge in [0.1, 0.15) is 0 Å². The van der Waals surface area contributed by atoms with Crippen LogP contribution in [-0.4, -0.2) is 9.97 Å². The number of nitrogens with zero attached hydrogens (tertiary/aromatic N) is 2. The van der Waals surface area contributed by atoms with Crippen molar-refractivity contribution in [3.05, 3.63) is 48.9 Å². The van der Waals surface area contributed by atoms with E-state index in [1.165, 1.54) is 0 Å². The van der Waals surface area contributed by atoms with Gasteiger partial charge in [-0.3, -0.25) is 0 Å². The van der Waals surface area contributed by atoms with Gasteiger partial charge in [-0.15, -0.1) is 0 Å². The van der Waals surface area contributed by atoms with Gasteiger partial charge in [-0.1, -0.05) is 18.2 Å². The normalized spacial score (nSPS) is 10.5. The molecule has 0 spiro atoms. The van der Waals surface area contributed by atoms with E-state index in [9.17, 15) is 0 Å². The largest absolute Gasteiger partial charge is 0.446 e. The monoisotopic (exact) mass is 211 g/mol. The second-order valence-electron chi connectivity index (χ2n) is 3.37. The SMILES string of the molecule is c1ccc(Nc2ncc3ccoc3n2)cc1. The Labute approximate surface area is 92.0 Å². The average Bonchev–Trinajstić information content (AvgIpc) is 2.77. The molecular weight excluding hydrogens is 202 g/mol. The summed E-state index contributed by atoms with van der Waals surface area (Å²) in [6.45, 7) is 0. The summed E-state index contributed by atoms with van der Waals surface area (Å²) in [4.78, 5) is 8.43. The second kappa shape index (κ2) is 3.66. The van der Waals surface area contributed by atoms with Crippen molar-refractivity contribution in [2.24, 2.45) is 0 Å². The number of anilines is 2. The van der Waals surface area contributed by atoms with Crippen molar-refractivity contribution in [3.8, 4) is 0 Å². The molecule has 0 saturated carbocycles. The molecular formula is C12H9N3O. The van der Waals surface area contributed by atoms with Gasteiger partial charge >= 0.3 is 0 Å². The van der Waals surface area contributed by atoms with E-state index in [0.29, 0.717) is 11.7 Å². The van der Waals surface area contributed by atoms with E-state index in [-0.39, 0.29) is 0 Å². The lowest BCUT2D eigenvalue weighted by molar-refractivity contribution is 0.603. The third-order valence-electron chi connectivity index (χ3n) is 2.24. The maximum Gasteiger partial charge on any atom is 0.230 e. The molecule has 3 aromatic rings. The van der Waals surface area contributed by atoms with Crippen LogP contribution in [0, 0.1) is 0 Å². The molecule has 1 N–H and O–H groups in total. The predicted octanol–water partition coefficient (Wildman–Crippen LogP) is 2.97. The molecule has 1 aromatic carbocycles. The lowest BCUT2D eigenvalue weighted by Crippen LogP contribution is -1.95. The van der Waals surface area contributed by atoms with Crippen LogP contribution in [0.4, 0.5) is 11.6 Å². The topological polar surface area (TPSA) is 51.0 Å². The van der Waals surface area contributed by atoms with Gasteiger partial charge < -0.3 is 9.73 Å². The fraction of sp³-hybridized carbons (Fsp3) is 0. The number of benzene rings is 1. The van der Waals surface area contributed by atoms with Gasteiger partial charge in [0.15, 0.2) is 0 Å². The number of hydrogen-bond acceptors (Lipinski definition) is 4. The van der Waals surface area contributed by atoms with Crippen molar-refractivity contribution in [1.82, 2.24) is 9.97 Å². The van der Waals surface area contributed by atoms with Gasteiger partial charge in [0.2, 0.25) is 11.7 Å².